The molecule has 0 saturated heterocycles. The molecule has 2 N–H and O–H groups in total. The van der Waals surface area contributed by atoms with Gasteiger partial charge in [0.1, 0.15) is 0 Å². The SMILES string of the molecule is CCc1cccc(NC(=S)Nc2cnc3c(cnn3C(C)C)c2)c1. The third kappa shape index (κ3) is 3.54. The summed E-state index contributed by atoms with van der Waals surface area (Å²) in [5.74, 6) is 0. The average molecular weight is 339 g/mol. The van der Waals surface area contributed by atoms with Gasteiger partial charge in [-0.3, -0.25) is 0 Å². The lowest BCUT2D eigenvalue weighted by Crippen LogP contribution is -2.19. The molecular weight excluding hydrogens is 318 g/mol. The number of hydrogen-bond donors (Lipinski definition) is 2. The van der Waals surface area contributed by atoms with E-state index in [4.69, 9.17) is 12.2 Å². The molecule has 0 aliphatic rings. The Balaban J connectivity index is 1.73. The van der Waals surface area contributed by atoms with E-state index in [0.29, 0.717) is 5.11 Å². The fourth-order valence-corrected chi connectivity index (χ4v) is 2.78. The van der Waals surface area contributed by atoms with Gasteiger partial charge in [0.15, 0.2) is 10.8 Å². The molecule has 5 nitrogen and oxygen atoms in total. The van der Waals surface area contributed by atoms with Crippen LogP contribution in [-0.4, -0.2) is 19.9 Å². The Morgan fingerprint density at radius 2 is 1.96 bits per heavy atom. The Kier molecular flexibility index (Phi) is 4.76. The van der Waals surface area contributed by atoms with Crippen molar-refractivity contribution < 1.29 is 0 Å². The largest absolute Gasteiger partial charge is 0.332 e. The summed E-state index contributed by atoms with van der Waals surface area (Å²) in [5.41, 5.74) is 3.97. The zero-order valence-corrected chi connectivity index (χ0v) is 14.9. The summed E-state index contributed by atoms with van der Waals surface area (Å²) in [6.07, 6.45) is 4.60. The molecule has 0 aliphatic heterocycles. The molecule has 6 heteroatoms. The molecule has 0 amide bonds. The van der Waals surface area contributed by atoms with Crippen molar-refractivity contribution in [2.45, 2.75) is 33.2 Å². The molecule has 0 radical (unpaired) electrons. The van der Waals surface area contributed by atoms with Crippen LogP contribution in [-0.2, 0) is 6.42 Å². The molecule has 3 aromatic rings. The molecular formula is C18H21N5S. The number of aryl methyl sites for hydroxylation is 1. The number of pyridine rings is 1. The lowest BCUT2D eigenvalue weighted by atomic mass is 10.1. The van der Waals surface area contributed by atoms with Gasteiger partial charge >= 0.3 is 0 Å². The summed E-state index contributed by atoms with van der Waals surface area (Å²) >= 11 is 5.40. The second-order valence-electron chi connectivity index (χ2n) is 5.95. The highest BCUT2D eigenvalue weighted by Crippen LogP contribution is 2.19. The highest BCUT2D eigenvalue weighted by atomic mass is 32.1. The normalized spacial score (nSPS) is 11.0. The first-order valence-corrected chi connectivity index (χ1v) is 8.48. The van der Waals surface area contributed by atoms with E-state index < -0.39 is 0 Å². The molecule has 124 valence electrons. The van der Waals surface area contributed by atoms with Crippen LogP contribution < -0.4 is 10.6 Å². The maximum Gasteiger partial charge on any atom is 0.175 e. The predicted octanol–water partition coefficient (Wildman–Crippen LogP) is 4.38. The van der Waals surface area contributed by atoms with Crippen molar-refractivity contribution in [3.8, 4) is 0 Å². The summed E-state index contributed by atoms with van der Waals surface area (Å²) in [6, 6.07) is 10.5. The van der Waals surface area contributed by atoms with Crippen molar-refractivity contribution in [1.29, 1.82) is 0 Å². The zero-order chi connectivity index (χ0) is 17.1. The van der Waals surface area contributed by atoms with Crippen molar-refractivity contribution in [2.75, 3.05) is 10.6 Å². The van der Waals surface area contributed by atoms with Crippen LogP contribution in [0.3, 0.4) is 0 Å². The van der Waals surface area contributed by atoms with Crippen LogP contribution >= 0.6 is 12.2 Å². The van der Waals surface area contributed by atoms with E-state index in [-0.39, 0.29) is 6.04 Å². The highest BCUT2D eigenvalue weighted by Gasteiger charge is 2.08. The van der Waals surface area contributed by atoms with Crippen molar-refractivity contribution in [3.05, 3.63) is 48.3 Å². The van der Waals surface area contributed by atoms with E-state index in [1.54, 1.807) is 6.20 Å². The van der Waals surface area contributed by atoms with E-state index >= 15 is 0 Å². The standard InChI is InChI=1S/C18H21N5S/c1-4-13-6-5-7-15(8-13)21-18(24)22-16-9-14-10-20-23(12(2)3)17(14)19-11-16/h5-12H,4H2,1-3H3,(H2,21,22,24). The first-order valence-electron chi connectivity index (χ1n) is 8.07. The van der Waals surface area contributed by atoms with Crippen molar-refractivity contribution in [3.63, 3.8) is 0 Å². The number of nitrogens with one attached hydrogen (secondary N) is 2. The molecule has 0 fully saturated rings. The Labute approximate surface area is 147 Å². The minimum absolute atomic E-state index is 0.280. The van der Waals surface area contributed by atoms with Gasteiger partial charge in [0.25, 0.3) is 0 Å². The van der Waals surface area contributed by atoms with Gasteiger partial charge in [-0.1, -0.05) is 19.1 Å². The quantitative estimate of drug-likeness (QED) is 0.691. The topological polar surface area (TPSA) is 54.8 Å². The number of rotatable bonds is 4. The van der Waals surface area contributed by atoms with Gasteiger partial charge in [0.05, 0.1) is 18.1 Å². The van der Waals surface area contributed by atoms with Gasteiger partial charge in [-0.25, -0.2) is 9.67 Å². The number of benzene rings is 1. The molecule has 24 heavy (non-hydrogen) atoms. The lowest BCUT2D eigenvalue weighted by molar-refractivity contribution is 0.546. The number of fused-ring (bicyclic) bond motifs is 1. The van der Waals surface area contributed by atoms with Crippen LogP contribution in [0.4, 0.5) is 11.4 Å². The number of nitrogens with zero attached hydrogens (tertiary/aromatic N) is 3. The van der Waals surface area contributed by atoms with E-state index in [0.717, 1.165) is 28.8 Å². The number of aromatic nitrogens is 3. The van der Waals surface area contributed by atoms with Gasteiger partial charge in [-0.05, 0) is 56.2 Å². The Morgan fingerprint density at radius 3 is 2.71 bits per heavy atom. The summed E-state index contributed by atoms with van der Waals surface area (Å²) in [5, 5.41) is 12.3. The Hall–Kier alpha value is -2.47. The predicted molar refractivity (Wildman–Crippen MR) is 104 cm³/mol. The number of hydrogen-bond acceptors (Lipinski definition) is 3. The maximum atomic E-state index is 5.40. The molecule has 2 aromatic heterocycles. The van der Waals surface area contributed by atoms with Crippen molar-refractivity contribution in [2.24, 2.45) is 0 Å². The van der Waals surface area contributed by atoms with Gasteiger partial charge in [-0.15, -0.1) is 0 Å². The average Bonchev–Trinajstić information content (AvgIpc) is 2.98. The molecule has 0 saturated carbocycles. The fraction of sp³-hybridized carbons (Fsp3) is 0.278. The van der Waals surface area contributed by atoms with Crippen LogP contribution in [0, 0.1) is 0 Å². The molecule has 0 bridgehead atoms. The van der Waals surface area contributed by atoms with E-state index in [9.17, 15) is 0 Å². The first-order chi connectivity index (χ1) is 11.6. The fourth-order valence-electron chi connectivity index (χ4n) is 2.55. The van der Waals surface area contributed by atoms with Crippen LogP contribution in [0.25, 0.3) is 11.0 Å². The first kappa shape index (κ1) is 16.4. The van der Waals surface area contributed by atoms with Crippen LogP contribution in [0.1, 0.15) is 32.4 Å². The maximum absolute atomic E-state index is 5.40. The third-order valence-corrected chi connectivity index (χ3v) is 3.98. The van der Waals surface area contributed by atoms with Crippen LogP contribution in [0.15, 0.2) is 42.7 Å². The van der Waals surface area contributed by atoms with Gasteiger partial charge in [0.2, 0.25) is 0 Å². The lowest BCUT2D eigenvalue weighted by Gasteiger charge is -2.11. The Morgan fingerprint density at radius 1 is 1.17 bits per heavy atom. The number of anilines is 2. The van der Waals surface area contributed by atoms with E-state index in [2.05, 4.69) is 53.6 Å². The smallest absolute Gasteiger partial charge is 0.175 e. The second kappa shape index (κ2) is 6.97. The molecule has 0 aliphatic carbocycles. The van der Waals surface area contributed by atoms with Gasteiger partial charge in [0, 0.05) is 17.1 Å². The summed E-state index contributed by atoms with van der Waals surface area (Å²) in [4.78, 5) is 4.50. The monoisotopic (exact) mass is 339 g/mol. The molecule has 1 aromatic carbocycles. The number of thiocarbonyl (C=S) groups is 1. The van der Waals surface area contributed by atoms with E-state index in [1.165, 1.54) is 5.56 Å². The summed E-state index contributed by atoms with van der Waals surface area (Å²) in [7, 11) is 0. The van der Waals surface area contributed by atoms with Crippen LogP contribution in [0.5, 0.6) is 0 Å². The molecule has 2 heterocycles. The third-order valence-electron chi connectivity index (χ3n) is 3.77. The summed E-state index contributed by atoms with van der Waals surface area (Å²) < 4.78 is 1.91. The van der Waals surface area contributed by atoms with E-state index in [1.807, 2.05) is 29.1 Å². The summed E-state index contributed by atoms with van der Waals surface area (Å²) in [6.45, 7) is 6.31. The van der Waals surface area contributed by atoms with Gasteiger partial charge in [-0.2, -0.15) is 5.10 Å². The second-order valence-corrected chi connectivity index (χ2v) is 6.36. The highest BCUT2D eigenvalue weighted by molar-refractivity contribution is 7.80. The molecule has 0 spiro atoms. The van der Waals surface area contributed by atoms with Gasteiger partial charge < -0.3 is 10.6 Å². The van der Waals surface area contributed by atoms with Crippen molar-refractivity contribution >= 4 is 39.7 Å². The molecule has 3 rings (SSSR count). The van der Waals surface area contributed by atoms with Crippen LogP contribution in [0.2, 0.25) is 0 Å². The Bertz CT molecular complexity index is 869. The van der Waals surface area contributed by atoms with Crippen molar-refractivity contribution in [1.82, 2.24) is 14.8 Å². The minimum atomic E-state index is 0.280. The molecule has 0 atom stereocenters. The molecule has 0 unspecified atom stereocenters. The zero-order valence-electron chi connectivity index (χ0n) is 14.1. The minimum Gasteiger partial charge on any atom is -0.332 e.